The van der Waals surface area contributed by atoms with E-state index in [1.54, 1.807) is 0 Å². The molecule has 0 aromatic rings. The molecule has 2 N–H and O–H groups in total. The number of hydrogen-bond acceptors (Lipinski definition) is 2. The van der Waals surface area contributed by atoms with Gasteiger partial charge in [-0.05, 0) is 32.2 Å². The van der Waals surface area contributed by atoms with Crippen LogP contribution in [0.1, 0.15) is 39.0 Å². The summed E-state index contributed by atoms with van der Waals surface area (Å²) in [5.41, 5.74) is 0. The monoisotopic (exact) mass is 252 g/mol. The summed E-state index contributed by atoms with van der Waals surface area (Å²) in [6.07, 6.45) is -2.47. The number of nitrogens with one attached hydrogen (secondary N) is 2. The molecule has 0 bridgehead atoms. The molecule has 1 aliphatic rings. The molecule has 0 aliphatic heterocycles. The van der Waals surface area contributed by atoms with Crippen LogP contribution in [0.2, 0.25) is 0 Å². The van der Waals surface area contributed by atoms with Crippen molar-refractivity contribution in [2.24, 2.45) is 0 Å². The van der Waals surface area contributed by atoms with Crippen LogP contribution in [0.5, 0.6) is 0 Å². The molecule has 100 valence electrons. The van der Waals surface area contributed by atoms with E-state index in [0.29, 0.717) is 6.04 Å². The minimum Gasteiger partial charge on any atom is -0.353 e. The SMILES string of the molecule is CCNC1CCC(NC(=O)CC(F)(F)F)CC1. The van der Waals surface area contributed by atoms with E-state index in [2.05, 4.69) is 10.6 Å². The summed E-state index contributed by atoms with van der Waals surface area (Å²) in [4.78, 5) is 11.1. The van der Waals surface area contributed by atoms with Crippen LogP contribution in [0.3, 0.4) is 0 Å². The molecule has 1 saturated carbocycles. The van der Waals surface area contributed by atoms with Crippen molar-refractivity contribution in [2.75, 3.05) is 6.54 Å². The van der Waals surface area contributed by atoms with E-state index in [1.807, 2.05) is 6.92 Å². The first-order valence-electron chi connectivity index (χ1n) is 6.00. The molecule has 1 fully saturated rings. The molecule has 3 nitrogen and oxygen atoms in total. The van der Waals surface area contributed by atoms with Crippen molar-refractivity contribution >= 4 is 5.91 Å². The van der Waals surface area contributed by atoms with E-state index < -0.39 is 18.5 Å². The van der Waals surface area contributed by atoms with E-state index in [9.17, 15) is 18.0 Å². The highest BCUT2D eigenvalue weighted by Gasteiger charge is 2.32. The molecule has 1 aliphatic carbocycles. The normalized spacial score (nSPS) is 25.6. The van der Waals surface area contributed by atoms with Gasteiger partial charge in [0.05, 0.1) is 0 Å². The summed E-state index contributed by atoms with van der Waals surface area (Å²) in [7, 11) is 0. The zero-order valence-electron chi connectivity index (χ0n) is 9.94. The van der Waals surface area contributed by atoms with E-state index in [4.69, 9.17) is 0 Å². The molecule has 0 unspecified atom stereocenters. The van der Waals surface area contributed by atoms with Gasteiger partial charge < -0.3 is 10.6 Å². The highest BCUT2D eigenvalue weighted by molar-refractivity contribution is 5.76. The molecular weight excluding hydrogens is 233 g/mol. The van der Waals surface area contributed by atoms with Gasteiger partial charge in [0.25, 0.3) is 0 Å². The number of amides is 1. The van der Waals surface area contributed by atoms with Crippen molar-refractivity contribution in [3.63, 3.8) is 0 Å². The number of carbonyl (C=O) groups excluding carboxylic acids is 1. The van der Waals surface area contributed by atoms with Gasteiger partial charge in [-0.25, -0.2) is 0 Å². The zero-order chi connectivity index (χ0) is 12.9. The number of alkyl halides is 3. The van der Waals surface area contributed by atoms with Crippen LogP contribution in [0.4, 0.5) is 13.2 Å². The smallest absolute Gasteiger partial charge is 0.353 e. The molecule has 0 saturated heterocycles. The number of hydrogen-bond donors (Lipinski definition) is 2. The number of rotatable bonds is 4. The Bertz CT molecular complexity index is 248. The fraction of sp³-hybridized carbons (Fsp3) is 0.909. The molecule has 1 amide bonds. The second kappa shape index (κ2) is 6.23. The summed E-state index contributed by atoms with van der Waals surface area (Å²) in [5, 5.41) is 5.76. The van der Waals surface area contributed by atoms with Gasteiger partial charge in [0.15, 0.2) is 0 Å². The average molecular weight is 252 g/mol. The predicted molar refractivity (Wildman–Crippen MR) is 58.5 cm³/mol. The fourth-order valence-corrected chi connectivity index (χ4v) is 2.19. The Hall–Kier alpha value is -0.780. The third-order valence-corrected chi connectivity index (χ3v) is 2.95. The van der Waals surface area contributed by atoms with E-state index in [-0.39, 0.29) is 6.04 Å². The fourth-order valence-electron chi connectivity index (χ4n) is 2.19. The van der Waals surface area contributed by atoms with Gasteiger partial charge in [0, 0.05) is 12.1 Å². The topological polar surface area (TPSA) is 41.1 Å². The molecule has 1 rings (SSSR count). The minimum absolute atomic E-state index is 0.0974. The summed E-state index contributed by atoms with van der Waals surface area (Å²) < 4.78 is 35.9. The first kappa shape index (κ1) is 14.3. The Morgan fingerprint density at radius 3 is 2.18 bits per heavy atom. The van der Waals surface area contributed by atoms with Crippen molar-refractivity contribution in [3.05, 3.63) is 0 Å². The van der Waals surface area contributed by atoms with Gasteiger partial charge in [0.2, 0.25) is 5.91 Å². The Balaban J connectivity index is 2.24. The maximum Gasteiger partial charge on any atom is 0.397 e. The highest BCUT2D eigenvalue weighted by Crippen LogP contribution is 2.21. The lowest BCUT2D eigenvalue weighted by atomic mass is 9.91. The van der Waals surface area contributed by atoms with Crippen LogP contribution in [0, 0.1) is 0 Å². The Morgan fingerprint density at radius 2 is 1.71 bits per heavy atom. The number of halogens is 3. The molecular formula is C11H19F3N2O. The minimum atomic E-state index is -4.41. The van der Waals surface area contributed by atoms with E-state index in [1.165, 1.54) is 0 Å². The van der Waals surface area contributed by atoms with Crippen LogP contribution in [0.15, 0.2) is 0 Å². The van der Waals surface area contributed by atoms with Crippen molar-refractivity contribution < 1.29 is 18.0 Å². The zero-order valence-corrected chi connectivity index (χ0v) is 9.94. The summed E-state index contributed by atoms with van der Waals surface area (Å²) >= 11 is 0. The lowest BCUT2D eigenvalue weighted by molar-refractivity contribution is -0.154. The standard InChI is InChI=1S/C11H19F3N2O/c1-2-15-8-3-5-9(6-4-8)16-10(17)7-11(12,13)14/h8-9,15H,2-7H2,1H3,(H,16,17). The van der Waals surface area contributed by atoms with Gasteiger partial charge >= 0.3 is 6.18 Å². The van der Waals surface area contributed by atoms with Crippen molar-refractivity contribution in [3.8, 4) is 0 Å². The molecule has 6 heteroatoms. The average Bonchev–Trinajstić information content (AvgIpc) is 2.18. The second-order valence-electron chi connectivity index (χ2n) is 4.47. The first-order chi connectivity index (χ1) is 7.90. The van der Waals surface area contributed by atoms with Gasteiger partial charge in [-0.15, -0.1) is 0 Å². The van der Waals surface area contributed by atoms with Crippen molar-refractivity contribution in [2.45, 2.75) is 57.3 Å². The van der Waals surface area contributed by atoms with Gasteiger partial charge in [-0.2, -0.15) is 13.2 Å². The Kier molecular flexibility index (Phi) is 5.24. The lowest BCUT2D eigenvalue weighted by Gasteiger charge is -2.29. The molecule has 17 heavy (non-hydrogen) atoms. The van der Waals surface area contributed by atoms with Crippen LogP contribution in [-0.4, -0.2) is 30.7 Å². The predicted octanol–water partition coefficient (Wildman–Crippen LogP) is 1.98. The number of carbonyl (C=O) groups is 1. The van der Waals surface area contributed by atoms with Crippen LogP contribution >= 0.6 is 0 Å². The van der Waals surface area contributed by atoms with Crippen LogP contribution in [-0.2, 0) is 4.79 Å². The lowest BCUT2D eigenvalue weighted by Crippen LogP contribution is -2.43. The van der Waals surface area contributed by atoms with E-state index >= 15 is 0 Å². The molecule has 0 atom stereocenters. The molecule has 0 spiro atoms. The Morgan fingerprint density at radius 1 is 1.18 bits per heavy atom. The van der Waals surface area contributed by atoms with Gasteiger partial charge in [-0.1, -0.05) is 6.92 Å². The third kappa shape index (κ3) is 5.91. The summed E-state index contributed by atoms with van der Waals surface area (Å²) in [5.74, 6) is -0.913. The van der Waals surface area contributed by atoms with Crippen molar-refractivity contribution in [1.82, 2.24) is 10.6 Å². The Labute approximate surface area is 99.1 Å². The van der Waals surface area contributed by atoms with Gasteiger partial charge in [-0.3, -0.25) is 4.79 Å². The second-order valence-corrected chi connectivity index (χ2v) is 4.47. The molecule has 0 heterocycles. The highest BCUT2D eigenvalue weighted by atomic mass is 19.4. The van der Waals surface area contributed by atoms with Crippen LogP contribution < -0.4 is 10.6 Å². The van der Waals surface area contributed by atoms with Crippen LogP contribution in [0.25, 0.3) is 0 Å². The largest absolute Gasteiger partial charge is 0.397 e. The molecule has 0 aromatic heterocycles. The quantitative estimate of drug-likeness (QED) is 0.803. The molecule has 0 radical (unpaired) electrons. The van der Waals surface area contributed by atoms with E-state index in [0.717, 1.165) is 32.2 Å². The third-order valence-electron chi connectivity index (χ3n) is 2.95. The maximum absolute atomic E-state index is 12.0. The summed E-state index contributed by atoms with van der Waals surface area (Å²) in [6, 6.07) is 0.343. The van der Waals surface area contributed by atoms with Crippen molar-refractivity contribution in [1.29, 1.82) is 0 Å². The summed E-state index contributed by atoms with van der Waals surface area (Å²) in [6.45, 7) is 2.92. The molecule has 0 aromatic carbocycles. The maximum atomic E-state index is 12.0. The first-order valence-corrected chi connectivity index (χ1v) is 6.00. The van der Waals surface area contributed by atoms with Gasteiger partial charge in [0.1, 0.15) is 6.42 Å².